The van der Waals surface area contributed by atoms with Crippen molar-refractivity contribution < 1.29 is 27.4 Å². The van der Waals surface area contributed by atoms with E-state index in [-0.39, 0.29) is 25.0 Å². The Kier molecular flexibility index (Phi) is 6.27. The van der Waals surface area contributed by atoms with Gasteiger partial charge in [-0.1, -0.05) is 24.3 Å². The van der Waals surface area contributed by atoms with E-state index in [9.17, 15) is 18.0 Å². The van der Waals surface area contributed by atoms with Crippen molar-refractivity contribution in [2.45, 2.75) is 19.1 Å². The van der Waals surface area contributed by atoms with Crippen molar-refractivity contribution in [1.29, 1.82) is 0 Å². The average molecular weight is 353 g/mol. The number of alkyl halides is 3. The van der Waals surface area contributed by atoms with Crippen LogP contribution in [0, 0.1) is 0 Å². The molecule has 0 radical (unpaired) electrons. The molecule has 0 aliphatic rings. The molecule has 0 saturated heterocycles. The van der Waals surface area contributed by atoms with Gasteiger partial charge in [-0.2, -0.15) is 13.2 Å². The highest BCUT2D eigenvalue weighted by Gasteiger charge is 2.30. The van der Waals surface area contributed by atoms with E-state index in [1.54, 1.807) is 19.1 Å². The number of hydrogen-bond donors (Lipinski definition) is 1. The summed E-state index contributed by atoms with van der Waals surface area (Å²) in [7, 11) is 0. The highest BCUT2D eigenvalue weighted by atomic mass is 19.4. The van der Waals surface area contributed by atoms with Crippen molar-refractivity contribution in [1.82, 2.24) is 5.32 Å². The molecule has 7 heteroatoms. The number of para-hydroxylation sites is 1. The van der Waals surface area contributed by atoms with Gasteiger partial charge in [0.15, 0.2) is 6.61 Å². The summed E-state index contributed by atoms with van der Waals surface area (Å²) in [4.78, 5) is 11.8. The van der Waals surface area contributed by atoms with Crippen LogP contribution in [0.5, 0.6) is 11.5 Å². The molecule has 134 valence electrons. The van der Waals surface area contributed by atoms with Gasteiger partial charge in [0, 0.05) is 0 Å². The summed E-state index contributed by atoms with van der Waals surface area (Å²) in [6, 6.07) is 13.2. The molecular formula is C18H18F3NO3. The lowest BCUT2D eigenvalue weighted by atomic mass is 10.2. The topological polar surface area (TPSA) is 47.6 Å². The Balaban J connectivity index is 1.76. The first-order chi connectivity index (χ1) is 11.8. The minimum absolute atomic E-state index is 0.0156. The molecular weight excluding hydrogens is 335 g/mol. The molecule has 0 fully saturated rings. The fraction of sp³-hybridized carbons (Fsp3) is 0.278. The van der Waals surface area contributed by atoms with E-state index in [1.165, 1.54) is 12.1 Å². The fourth-order valence-electron chi connectivity index (χ4n) is 2.01. The molecule has 0 unspecified atom stereocenters. The SMILES string of the molecule is C[C@@H](COc1ccccc1)NC(=O)COc1cccc(C(F)(F)F)c1. The zero-order valence-corrected chi connectivity index (χ0v) is 13.5. The maximum atomic E-state index is 12.6. The number of rotatable bonds is 7. The number of nitrogens with one attached hydrogen (secondary N) is 1. The summed E-state index contributed by atoms with van der Waals surface area (Å²) in [5.41, 5.74) is -0.824. The Morgan fingerprint density at radius 3 is 2.40 bits per heavy atom. The van der Waals surface area contributed by atoms with E-state index < -0.39 is 17.6 Å². The molecule has 0 bridgehead atoms. The van der Waals surface area contributed by atoms with Gasteiger partial charge in [0.25, 0.3) is 5.91 Å². The number of carbonyl (C=O) groups excluding carboxylic acids is 1. The monoisotopic (exact) mass is 353 g/mol. The van der Waals surface area contributed by atoms with Crippen LogP contribution in [0.1, 0.15) is 12.5 Å². The van der Waals surface area contributed by atoms with E-state index in [0.717, 1.165) is 12.1 Å². The molecule has 1 N–H and O–H groups in total. The lowest BCUT2D eigenvalue weighted by molar-refractivity contribution is -0.137. The zero-order valence-electron chi connectivity index (χ0n) is 13.5. The van der Waals surface area contributed by atoms with Crippen LogP contribution < -0.4 is 14.8 Å². The van der Waals surface area contributed by atoms with Crippen LogP contribution in [0.25, 0.3) is 0 Å². The Bertz CT molecular complexity index is 689. The molecule has 4 nitrogen and oxygen atoms in total. The molecule has 2 rings (SSSR count). The second kappa shape index (κ2) is 8.41. The molecule has 0 aromatic heterocycles. The van der Waals surface area contributed by atoms with Crippen molar-refractivity contribution in [2.75, 3.05) is 13.2 Å². The first kappa shape index (κ1) is 18.6. The van der Waals surface area contributed by atoms with Gasteiger partial charge in [0.2, 0.25) is 0 Å². The van der Waals surface area contributed by atoms with E-state index in [0.29, 0.717) is 5.75 Å². The molecule has 2 aromatic carbocycles. The number of halogens is 3. The third-order valence-electron chi connectivity index (χ3n) is 3.18. The van der Waals surface area contributed by atoms with Crippen molar-refractivity contribution in [2.24, 2.45) is 0 Å². The van der Waals surface area contributed by atoms with Gasteiger partial charge >= 0.3 is 6.18 Å². The van der Waals surface area contributed by atoms with Crippen LogP contribution in [0.3, 0.4) is 0 Å². The summed E-state index contributed by atoms with van der Waals surface area (Å²) < 4.78 is 48.5. The predicted octanol–water partition coefficient (Wildman–Crippen LogP) is 3.67. The highest BCUT2D eigenvalue weighted by molar-refractivity contribution is 5.77. The van der Waals surface area contributed by atoms with Crippen molar-refractivity contribution in [3.63, 3.8) is 0 Å². The smallest absolute Gasteiger partial charge is 0.416 e. The molecule has 0 saturated carbocycles. The van der Waals surface area contributed by atoms with Gasteiger partial charge in [0.1, 0.15) is 18.1 Å². The molecule has 0 aliphatic heterocycles. The average Bonchev–Trinajstić information content (AvgIpc) is 2.59. The van der Waals surface area contributed by atoms with Crippen molar-refractivity contribution >= 4 is 5.91 Å². The zero-order chi connectivity index (χ0) is 18.3. The van der Waals surface area contributed by atoms with Gasteiger partial charge in [-0.3, -0.25) is 4.79 Å². The summed E-state index contributed by atoms with van der Waals surface area (Å²) in [6.45, 7) is 1.64. The highest BCUT2D eigenvalue weighted by Crippen LogP contribution is 2.31. The van der Waals surface area contributed by atoms with Crippen LogP contribution in [0.2, 0.25) is 0 Å². The Morgan fingerprint density at radius 1 is 1.04 bits per heavy atom. The maximum Gasteiger partial charge on any atom is 0.416 e. The number of amides is 1. The van der Waals surface area contributed by atoms with Crippen LogP contribution in [-0.2, 0) is 11.0 Å². The summed E-state index contributed by atoms with van der Waals surface area (Å²) in [5, 5.41) is 2.65. The molecule has 2 aromatic rings. The van der Waals surface area contributed by atoms with E-state index >= 15 is 0 Å². The lowest BCUT2D eigenvalue weighted by Gasteiger charge is -2.15. The first-order valence-corrected chi connectivity index (χ1v) is 7.62. The predicted molar refractivity (Wildman–Crippen MR) is 86.5 cm³/mol. The second-order valence-electron chi connectivity index (χ2n) is 5.41. The number of carbonyl (C=O) groups is 1. The largest absolute Gasteiger partial charge is 0.491 e. The first-order valence-electron chi connectivity index (χ1n) is 7.62. The molecule has 0 aliphatic carbocycles. The number of hydrogen-bond acceptors (Lipinski definition) is 3. The van der Waals surface area contributed by atoms with Gasteiger partial charge < -0.3 is 14.8 Å². The molecule has 25 heavy (non-hydrogen) atoms. The standard InChI is InChI=1S/C18H18F3NO3/c1-13(11-24-15-7-3-2-4-8-15)22-17(23)12-25-16-9-5-6-14(10-16)18(19,20)21/h2-10,13H,11-12H2,1H3,(H,22,23)/t13-/m0/s1. The number of ether oxygens (including phenoxy) is 2. The van der Waals surface area contributed by atoms with Crippen LogP contribution >= 0.6 is 0 Å². The Labute approximate surface area is 143 Å². The summed E-state index contributed by atoms with van der Waals surface area (Å²) in [6.07, 6.45) is -4.45. The third-order valence-corrected chi connectivity index (χ3v) is 3.18. The molecule has 1 amide bonds. The fourth-order valence-corrected chi connectivity index (χ4v) is 2.01. The molecule has 0 heterocycles. The van der Waals surface area contributed by atoms with E-state index in [4.69, 9.17) is 9.47 Å². The van der Waals surface area contributed by atoms with Gasteiger partial charge in [-0.25, -0.2) is 0 Å². The van der Waals surface area contributed by atoms with Crippen LogP contribution in [-0.4, -0.2) is 25.2 Å². The molecule has 1 atom stereocenters. The summed E-state index contributed by atoms with van der Waals surface area (Å²) >= 11 is 0. The van der Waals surface area contributed by atoms with Crippen molar-refractivity contribution in [3.05, 3.63) is 60.2 Å². The quantitative estimate of drug-likeness (QED) is 0.826. The summed E-state index contributed by atoms with van der Waals surface area (Å²) in [5.74, 6) is 0.226. The minimum Gasteiger partial charge on any atom is -0.491 e. The third kappa shape index (κ3) is 6.37. The van der Waals surface area contributed by atoms with Gasteiger partial charge in [-0.15, -0.1) is 0 Å². The van der Waals surface area contributed by atoms with Crippen LogP contribution in [0.4, 0.5) is 13.2 Å². The minimum atomic E-state index is -4.45. The second-order valence-corrected chi connectivity index (χ2v) is 5.41. The Hall–Kier alpha value is -2.70. The van der Waals surface area contributed by atoms with Crippen molar-refractivity contribution in [3.8, 4) is 11.5 Å². The van der Waals surface area contributed by atoms with E-state index in [2.05, 4.69) is 5.32 Å². The number of benzene rings is 2. The lowest BCUT2D eigenvalue weighted by Crippen LogP contribution is -2.39. The van der Waals surface area contributed by atoms with E-state index in [1.807, 2.05) is 18.2 Å². The Morgan fingerprint density at radius 2 is 1.72 bits per heavy atom. The normalized spacial score (nSPS) is 12.3. The van der Waals surface area contributed by atoms with Crippen LogP contribution in [0.15, 0.2) is 54.6 Å². The molecule has 0 spiro atoms. The maximum absolute atomic E-state index is 12.6. The van der Waals surface area contributed by atoms with Gasteiger partial charge in [-0.05, 0) is 37.3 Å². The van der Waals surface area contributed by atoms with Gasteiger partial charge in [0.05, 0.1) is 11.6 Å².